The molecule has 0 fully saturated rings. The van der Waals surface area contributed by atoms with E-state index in [0.717, 1.165) is 5.56 Å². The molecule has 51 valence electrons. The van der Waals surface area contributed by atoms with Gasteiger partial charge in [0.1, 0.15) is 0 Å². The minimum Gasteiger partial charge on any atom is -0.610 e. The summed E-state index contributed by atoms with van der Waals surface area (Å²) in [5, 5.41) is 10.3. The van der Waals surface area contributed by atoms with Crippen molar-refractivity contribution in [2.75, 3.05) is 0 Å². The van der Waals surface area contributed by atoms with Crippen molar-refractivity contribution in [1.29, 1.82) is 0 Å². The number of nitrogens with zero attached hydrogens (tertiary/aromatic N) is 1. The Hall–Kier alpha value is -0.960. The molecule has 0 spiro atoms. The van der Waals surface area contributed by atoms with Gasteiger partial charge >= 0.3 is 0 Å². The fraction of sp³-hybridized carbons (Fsp3) is 0. The van der Waals surface area contributed by atoms with Crippen molar-refractivity contribution in [3.8, 4) is 0 Å². The van der Waals surface area contributed by atoms with Crippen LogP contribution in [0.25, 0.3) is 0 Å². The summed E-state index contributed by atoms with van der Waals surface area (Å²) in [7, 11) is 0. The van der Waals surface area contributed by atoms with Crippen molar-refractivity contribution in [2.45, 2.75) is 0 Å². The summed E-state index contributed by atoms with van der Waals surface area (Å²) in [6, 6.07) is 9.22. The fourth-order valence-corrected chi connectivity index (χ4v) is 0.783. The van der Waals surface area contributed by atoms with Gasteiger partial charge in [0.25, 0.3) is 19.0 Å². The molecule has 1 radical (unpaired) electrons. The molecule has 1 aromatic carbocycles. The lowest BCUT2D eigenvalue weighted by Crippen LogP contribution is -1.93. The zero-order chi connectivity index (χ0) is 7.40. The topological polar surface area (TPSA) is 26.1 Å². The van der Waals surface area contributed by atoms with Gasteiger partial charge in [0.2, 0.25) is 0 Å². The maximum Gasteiger partial charge on any atom is 0.278 e. The minimum absolute atomic E-state index is 0.370. The largest absolute Gasteiger partial charge is 0.610 e. The van der Waals surface area contributed by atoms with E-state index in [-0.39, 0.29) is 0 Å². The lowest BCUT2D eigenvalue weighted by molar-refractivity contribution is -0.372. The summed E-state index contributed by atoms with van der Waals surface area (Å²) in [6.45, 7) is 1.34. The second kappa shape index (κ2) is 3.27. The van der Waals surface area contributed by atoms with E-state index in [1.165, 1.54) is 6.54 Å². The summed E-state index contributed by atoms with van der Waals surface area (Å²) in [6.07, 6.45) is 0. The van der Waals surface area contributed by atoms with E-state index in [0.29, 0.717) is 4.11 Å². The van der Waals surface area contributed by atoms with Crippen molar-refractivity contribution >= 4 is 12.4 Å². The molecule has 10 heavy (non-hydrogen) atoms. The fourth-order valence-electron chi connectivity index (χ4n) is 0.661. The van der Waals surface area contributed by atoms with Crippen LogP contribution in [-0.2, 0) is 12.4 Å². The minimum atomic E-state index is 0.370. The number of rotatable bonds is 2. The van der Waals surface area contributed by atoms with Gasteiger partial charge in [-0.2, -0.15) is 0 Å². The smallest absolute Gasteiger partial charge is 0.278 e. The second-order valence-electron chi connectivity index (χ2n) is 1.83. The third kappa shape index (κ3) is 2.11. The molecule has 0 atom stereocenters. The predicted molar refractivity (Wildman–Crippen MR) is 40.8 cm³/mol. The Morgan fingerprint density at radius 2 is 1.90 bits per heavy atom. The van der Waals surface area contributed by atoms with Crippen LogP contribution in [-0.4, -0.2) is 4.11 Å². The predicted octanol–water partition coefficient (Wildman–Crippen LogP) is 1.44. The third-order valence-electron chi connectivity index (χ3n) is 1.05. The summed E-state index contributed by atoms with van der Waals surface area (Å²) in [5.74, 6) is 0. The second-order valence-corrected chi connectivity index (χ2v) is 2.19. The highest BCUT2D eigenvalue weighted by atomic mass is 32.1. The van der Waals surface area contributed by atoms with E-state index in [1.807, 2.05) is 30.3 Å². The number of benzene rings is 1. The van der Waals surface area contributed by atoms with Crippen LogP contribution in [0.2, 0.25) is 0 Å². The number of hydrogen-bond donors (Lipinski definition) is 0. The van der Waals surface area contributed by atoms with Crippen LogP contribution < -0.4 is 0 Å². The SMILES string of the molecule is [O-][N+](=S)[CH]c1ccccc1. The van der Waals surface area contributed by atoms with Crippen LogP contribution in [0.3, 0.4) is 0 Å². The van der Waals surface area contributed by atoms with E-state index < -0.39 is 0 Å². The van der Waals surface area contributed by atoms with Crippen LogP contribution in [0.1, 0.15) is 5.56 Å². The Kier molecular flexibility index (Phi) is 2.34. The standard InChI is InChI=1S/C7H6NOS/c9-8(10)6-7-4-2-1-3-5-7/h1-6H. The lowest BCUT2D eigenvalue weighted by atomic mass is 10.2. The van der Waals surface area contributed by atoms with Crippen LogP contribution >= 0.6 is 0 Å². The van der Waals surface area contributed by atoms with Gasteiger partial charge < -0.3 is 5.21 Å². The van der Waals surface area contributed by atoms with Gasteiger partial charge in [-0.15, -0.1) is 4.11 Å². The molecule has 0 N–H and O–H groups in total. The molecule has 2 nitrogen and oxygen atoms in total. The quantitative estimate of drug-likeness (QED) is 0.473. The van der Waals surface area contributed by atoms with Gasteiger partial charge in [-0.3, -0.25) is 0 Å². The van der Waals surface area contributed by atoms with E-state index >= 15 is 0 Å². The van der Waals surface area contributed by atoms with E-state index in [1.54, 1.807) is 0 Å². The summed E-state index contributed by atoms with van der Waals surface area (Å²) in [4.78, 5) is 0. The van der Waals surface area contributed by atoms with Gasteiger partial charge in [0.05, 0.1) is 0 Å². The first-order chi connectivity index (χ1) is 4.79. The van der Waals surface area contributed by atoms with Crippen molar-refractivity contribution in [2.24, 2.45) is 0 Å². The molecule has 0 aliphatic heterocycles. The lowest BCUT2D eigenvalue weighted by Gasteiger charge is -1.94. The number of hydrogen-bond acceptors (Lipinski definition) is 2. The van der Waals surface area contributed by atoms with Gasteiger partial charge in [-0.25, -0.2) is 0 Å². The Bertz CT molecular complexity index is 222. The summed E-state index contributed by atoms with van der Waals surface area (Å²) in [5.41, 5.74) is 0.826. The Morgan fingerprint density at radius 3 is 2.40 bits per heavy atom. The van der Waals surface area contributed by atoms with Gasteiger partial charge in [-0.05, 0) is 0 Å². The van der Waals surface area contributed by atoms with Gasteiger partial charge in [0, 0.05) is 5.56 Å². The summed E-state index contributed by atoms with van der Waals surface area (Å²) < 4.78 is 0.370. The number of hydroxylamine groups is 1. The molecule has 1 rings (SSSR count). The molecular weight excluding hydrogens is 146 g/mol. The van der Waals surface area contributed by atoms with Crippen molar-refractivity contribution in [3.05, 3.63) is 47.6 Å². The molecule has 0 saturated heterocycles. The average molecular weight is 152 g/mol. The Balaban J connectivity index is 2.67. The zero-order valence-electron chi connectivity index (χ0n) is 5.23. The van der Waals surface area contributed by atoms with Crippen LogP contribution in [0.15, 0.2) is 30.3 Å². The first-order valence-corrected chi connectivity index (χ1v) is 3.19. The Morgan fingerprint density at radius 1 is 1.30 bits per heavy atom. The molecule has 0 bridgehead atoms. The molecule has 0 aliphatic carbocycles. The monoisotopic (exact) mass is 152 g/mol. The average Bonchev–Trinajstić information content (AvgIpc) is 1.88. The van der Waals surface area contributed by atoms with Gasteiger partial charge in [0.15, 0.2) is 0 Å². The third-order valence-corrected chi connectivity index (χ3v) is 1.16. The Labute approximate surface area is 64.8 Å². The molecule has 0 heterocycles. The van der Waals surface area contributed by atoms with Gasteiger partial charge in [-0.1, -0.05) is 30.3 Å². The van der Waals surface area contributed by atoms with Crippen molar-refractivity contribution in [3.63, 3.8) is 0 Å². The maximum atomic E-state index is 10.3. The van der Waals surface area contributed by atoms with Crippen LogP contribution in [0, 0.1) is 11.8 Å². The molecule has 0 unspecified atom stereocenters. The van der Waals surface area contributed by atoms with Crippen molar-refractivity contribution < 1.29 is 4.11 Å². The van der Waals surface area contributed by atoms with E-state index in [4.69, 9.17) is 0 Å². The highest BCUT2D eigenvalue weighted by Crippen LogP contribution is 2.00. The summed E-state index contributed by atoms with van der Waals surface area (Å²) >= 11 is 4.28. The normalized spacial score (nSPS) is 9.20. The highest BCUT2D eigenvalue weighted by Gasteiger charge is 1.96. The highest BCUT2D eigenvalue weighted by molar-refractivity contribution is 7.44. The van der Waals surface area contributed by atoms with Crippen LogP contribution in [0.5, 0.6) is 0 Å². The van der Waals surface area contributed by atoms with Crippen LogP contribution in [0.4, 0.5) is 0 Å². The molecule has 0 aromatic heterocycles. The first kappa shape index (κ1) is 7.15. The molecule has 0 amide bonds. The van der Waals surface area contributed by atoms with Crippen molar-refractivity contribution in [1.82, 2.24) is 0 Å². The maximum absolute atomic E-state index is 10.3. The first-order valence-electron chi connectivity index (χ1n) is 2.82. The zero-order valence-corrected chi connectivity index (χ0v) is 6.04. The molecule has 0 aliphatic rings. The van der Waals surface area contributed by atoms with E-state index in [2.05, 4.69) is 12.4 Å². The molecule has 3 heteroatoms. The molecule has 0 saturated carbocycles. The van der Waals surface area contributed by atoms with E-state index in [9.17, 15) is 5.21 Å². The molecule has 1 aromatic rings. The molecular formula is C7H6NOS.